The lowest BCUT2D eigenvalue weighted by Crippen LogP contribution is -2.36. The van der Waals surface area contributed by atoms with Crippen LogP contribution in [0.25, 0.3) is 0 Å². The van der Waals surface area contributed by atoms with E-state index in [0.29, 0.717) is 5.92 Å². The van der Waals surface area contributed by atoms with E-state index in [0.717, 1.165) is 19.3 Å². The molecule has 2 unspecified atom stereocenters. The number of aliphatic hydroxyl groups is 1. The molecule has 1 aliphatic rings. The zero-order valence-electron chi connectivity index (χ0n) is 18.1. The molecule has 1 heteroatoms. The van der Waals surface area contributed by atoms with Crippen LogP contribution >= 0.6 is 0 Å². The van der Waals surface area contributed by atoms with E-state index in [9.17, 15) is 5.11 Å². The van der Waals surface area contributed by atoms with Crippen LogP contribution in [0.4, 0.5) is 0 Å². The second-order valence-electron chi connectivity index (χ2n) is 8.62. The zero-order chi connectivity index (χ0) is 19.1. The van der Waals surface area contributed by atoms with E-state index in [1.54, 1.807) is 0 Å². The van der Waals surface area contributed by atoms with Crippen molar-refractivity contribution >= 4 is 0 Å². The van der Waals surface area contributed by atoms with Crippen molar-refractivity contribution < 1.29 is 5.11 Å². The summed E-state index contributed by atoms with van der Waals surface area (Å²) in [7, 11) is 0. The molecule has 26 heavy (non-hydrogen) atoms. The Bertz CT molecular complexity index is 395. The quantitative estimate of drug-likeness (QED) is 0.275. The fourth-order valence-electron chi connectivity index (χ4n) is 4.21. The van der Waals surface area contributed by atoms with Crippen LogP contribution in [-0.4, -0.2) is 10.7 Å². The van der Waals surface area contributed by atoms with Crippen LogP contribution in [-0.2, 0) is 0 Å². The summed E-state index contributed by atoms with van der Waals surface area (Å²) in [5.74, 6) is 0.322. The molecule has 1 nitrogen and oxygen atoms in total. The van der Waals surface area contributed by atoms with Gasteiger partial charge >= 0.3 is 0 Å². The van der Waals surface area contributed by atoms with Crippen molar-refractivity contribution in [2.24, 2.45) is 5.92 Å². The molecule has 1 N–H and O–H groups in total. The van der Waals surface area contributed by atoms with Crippen LogP contribution < -0.4 is 0 Å². The van der Waals surface area contributed by atoms with E-state index in [1.807, 2.05) is 0 Å². The lowest BCUT2D eigenvalue weighted by atomic mass is 9.76. The summed E-state index contributed by atoms with van der Waals surface area (Å²) in [6, 6.07) is 0. The number of hydrogen-bond acceptors (Lipinski definition) is 1. The standard InChI is InChI=1S/C25H46O/c1-4-6-8-10-12-14-16-18-24-22-23(3)19-21-25(24,26)20-17-15-13-11-9-7-5-2/h19,21-22,24,26H,4-18,20H2,1-3H3. The third kappa shape index (κ3) is 9.95. The van der Waals surface area contributed by atoms with Gasteiger partial charge in [0.15, 0.2) is 0 Å². The summed E-state index contributed by atoms with van der Waals surface area (Å²) < 4.78 is 0. The van der Waals surface area contributed by atoms with Crippen molar-refractivity contribution in [3.63, 3.8) is 0 Å². The van der Waals surface area contributed by atoms with E-state index >= 15 is 0 Å². The predicted octanol–water partition coefficient (Wildman–Crippen LogP) is 8.13. The molecule has 0 heterocycles. The molecule has 0 aromatic carbocycles. The van der Waals surface area contributed by atoms with Crippen LogP contribution in [0.1, 0.15) is 124 Å². The summed E-state index contributed by atoms with van der Waals surface area (Å²) in [4.78, 5) is 0. The highest BCUT2D eigenvalue weighted by atomic mass is 16.3. The van der Waals surface area contributed by atoms with Gasteiger partial charge in [-0.25, -0.2) is 0 Å². The van der Waals surface area contributed by atoms with Gasteiger partial charge in [0, 0.05) is 5.92 Å². The molecule has 0 aromatic rings. The molecule has 1 rings (SSSR count). The first kappa shape index (κ1) is 23.5. The first-order valence-electron chi connectivity index (χ1n) is 11.7. The van der Waals surface area contributed by atoms with Crippen LogP contribution in [0.2, 0.25) is 0 Å². The topological polar surface area (TPSA) is 20.2 Å². The maximum Gasteiger partial charge on any atom is 0.0893 e. The molecule has 0 saturated carbocycles. The van der Waals surface area contributed by atoms with Gasteiger partial charge in [-0.3, -0.25) is 0 Å². The highest BCUT2D eigenvalue weighted by Crippen LogP contribution is 2.35. The largest absolute Gasteiger partial charge is 0.385 e. The second-order valence-corrected chi connectivity index (χ2v) is 8.62. The van der Waals surface area contributed by atoms with E-state index < -0.39 is 5.60 Å². The Kier molecular flexibility index (Phi) is 13.1. The lowest BCUT2D eigenvalue weighted by molar-refractivity contribution is 0.0303. The van der Waals surface area contributed by atoms with Crippen molar-refractivity contribution in [1.82, 2.24) is 0 Å². The van der Waals surface area contributed by atoms with Crippen molar-refractivity contribution in [3.8, 4) is 0 Å². The van der Waals surface area contributed by atoms with Crippen molar-refractivity contribution in [1.29, 1.82) is 0 Å². The summed E-state index contributed by atoms with van der Waals surface area (Å²) in [6.07, 6.45) is 27.3. The van der Waals surface area contributed by atoms with E-state index in [2.05, 4.69) is 39.0 Å². The Hall–Kier alpha value is -0.560. The van der Waals surface area contributed by atoms with Gasteiger partial charge in [0.25, 0.3) is 0 Å². The smallest absolute Gasteiger partial charge is 0.0893 e. The number of hydrogen-bond donors (Lipinski definition) is 1. The first-order chi connectivity index (χ1) is 12.6. The minimum atomic E-state index is -0.592. The molecule has 0 fully saturated rings. The molecule has 1 aliphatic carbocycles. The second kappa shape index (κ2) is 14.5. The first-order valence-corrected chi connectivity index (χ1v) is 11.7. The molecule has 0 saturated heterocycles. The maximum absolute atomic E-state index is 11.2. The molecule has 0 radical (unpaired) electrons. The van der Waals surface area contributed by atoms with Gasteiger partial charge in [-0.1, -0.05) is 128 Å². The molecule has 0 amide bonds. The van der Waals surface area contributed by atoms with Crippen molar-refractivity contribution in [2.45, 2.75) is 129 Å². The molecule has 0 spiro atoms. The number of rotatable bonds is 16. The lowest BCUT2D eigenvalue weighted by Gasteiger charge is -2.35. The molecular formula is C25H46O. The molecule has 152 valence electrons. The van der Waals surface area contributed by atoms with Crippen LogP contribution in [0, 0.1) is 5.92 Å². The van der Waals surface area contributed by atoms with Gasteiger partial charge in [-0.2, -0.15) is 0 Å². The van der Waals surface area contributed by atoms with Gasteiger partial charge < -0.3 is 5.11 Å². The van der Waals surface area contributed by atoms with Crippen molar-refractivity contribution in [3.05, 3.63) is 23.8 Å². The molecule has 0 aromatic heterocycles. The Morgan fingerprint density at radius 2 is 1.27 bits per heavy atom. The Balaban J connectivity index is 2.28. The molecular weight excluding hydrogens is 316 g/mol. The van der Waals surface area contributed by atoms with Crippen LogP contribution in [0.15, 0.2) is 23.8 Å². The summed E-state index contributed by atoms with van der Waals surface area (Å²) >= 11 is 0. The minimum absolute atomic E-state index is 0.322. The third-order valence-corrected chi connectivity index (χ3v) is 6.04. The minimum Gasteiger partial charge on any atom is -0.385 e. The van der Waals surface area contributed by atoms with E-state index in [4.69, 9.17) is 0 Å². The number of allylic oxidation sites excluding steroid dienone is 2. The van der Waals surface area contributed by atoms with E-state index in [-0.39, 0.29) is 0 Å². The summed E-state index contributed by atoms with van der Waals surface area (Å²) in [5, 5.41) is 11.2. The average molecular weight is 363 g/mol. The van der Waals surface area contributed by atoms with Crippen LogP contribution in [0.5, 0.6) is 0 Å². The van der Waals surface area contributed by atoms with Gasteiger partial charge in [-0.15, -0.1) is 0 Å². The Morgan fingerprint density at radius 3 is 1.85 bits per heavy atom. The number of unbranched alkanes of at least 4 members (excludes halogenated alkanes) is 12. The monoisotopic (exact) mass is 362 g/mol. The van der Waals surface area contributed by atoms with Gasteiger partial charge in [0.2, 0.25) is 0 Å². The van der Waals surface area contributed by atoms with E-state index in [1.165, 1.54) is 89.0 Å². The van der Waals surface area contributed by atoms with Crippen molar-refractivity contribution in [2.75, 3.05) is 0 Å². The Morgan fingerprint density at radius 1 is 0.769 bits per heavy atom. The van der Waals surface area contributed by atoms with Gasteiger partial charge in [0.1, 0.15) is 0 Å². The van der Waals surface area contributed by atoms with Gasteiger partial charge in [-0.05, 0) is 19.8 Å². The highest BCUT2D eigenvalue weighted by Gasteiger charge is 2.33. The normalized spacial score (nSPS) is 22.6. The SMILES string of the molecule is CCCCCCCCCC1C=C(C)C=CC1(O)CCCCCCCCC. The fraction of sp³-hybridized carbons (Fsp3) is 0.840. The average Bonchev–Trinajstić information content (AvgIpc) is 2.63. The molecule has 0 aliphatic heterocycles. The van der Waals surface area contributed by atoms with Crippen LogP contribution in [0.3, 0.4) is 0 Å². The zero-order valence-corrected chi connectivity index (χ0v) is 18.1. The Labute approximate surface area is 164 Å². The molecule has 0 bridgehead atoms. The predicted molar refractivity (Wildman–Crippen MR) is 117 cm³/mol. The third-order valence-electron chi connectivity index (χ3n) is 6.04. The fourth-order valence-corrected chi connectivity index (χ4v) is 4.21. The maximum atomic E-state index is 11.2. The summed E-state index contributed by atoms with van der Waals surface area (Å²) in [6.45, 7) is 6.71. The summed E-state index contributed by atoms with van der Waals surface area (Å²) in [5.41, 5.74) is 0.729. The van der Waals surface area contributed by atoms with Gasteiger partial charge in [0.05, 0.1) is 5.60 Å². The molecule has 2 atom stereocenters. The highest BCUT2D eigenvalue weighted by molar-refractivity contribution is 5.28.